The van der Waals surface area contributed by atoms with E-state index in [2.05, 4.69) is 17.1 Å². The maximum Gasteiger partial charge on any atom is 0.274 e. The highest BCUT2D eigenvalue weighted by Gasteiger charge is 2.20. The second-order valence-electron chi connectivity index (χ2n) is 4.67. The molecule has 5 nitrogen and oxygen atoms in total. The van der Waals surface area contributed by atoms with Crippen LogP contribution in [0.4, 0.5) is 5.82 Å². The molecule has 2 N–H and O–H groups in total. The standard InChI is InChI=1S/C12H18N4O/c1-9-3-2-7-16(8-6-9)12(17)10-4-5-11(13)15-14-10/h4-5,9H,2-3,6-8H2,1H3,(H2,13,15). The Hall–Kier alpha value is -1.65. The Labute approximate surface area is 101 Å². The fourth-order valence-electron chi connectivity index (χ4n) is 2.08. The quantitative estimate of drug-likeness (QED) is 0.795. The van der Waals surface area contributed by atoms with Crippen LogP contribution in [0.15, 0.2) is 12.1 Å². The highest BCUT2D eigenvalue weighted by atomic mass is 16.2. The van der Waals surface area contributed by atoms with Crippen molar-refractivity contribution >= 4 is 11.7 Å². The van der Waals surface area contributed by atoms with E-state index >= 15 is 0 Å². The molecule has 17 heavy (non-hydrogen) atoms. The van der Waals surface area contributed by atoms with Crippen LogP contribution in [0.25, 0.3) is 0 Å². The molecular formula is C12H18N4O. The zero-order chi connectivity index (χ0) is 12.3. The van der Waals surface area contributed by atoms with Crippen LogP contribution in [0, 0.1) is 5.92 Å². The third-order valence-electron chi connectivity index (χ3n) is 3.21. The van der Waals surface area contributed by atoms with Gasteiger partial charge in [0.25, 0.3) is 5.91 Å². The lowest BCUT2D eigenvalue weighted by Crippen LogP contribution is -2.32. The predicted molar refractivity (Wildman–Crippen MR) is 65.4 cm³/mol. The molecule has 0 bridgehead atoms. The Morgan fingerprint density at radius 2 is 2.18 bits per heavy atom. The van der Waals surface area contributed by atoms with Crippen molar-refractivity contribution in [2.24, 2.45) is 5.92 Å². The molecule has 0 aliphatic carbocycles. The molecule has 1 unspecified atom stereocenters. The van der Waals surface area contributed by atoms with Gasteiger partial charge in [-0.1, -0.05) is 6.92 Å². The molecule has 1 aliphatic rings. The van der Waals surface area contributed by atoms with Gasteiger partial charge in [-0.3, -0.25) is 4.79 Å². The van der Waals surface area contributed by atoms with Gasteiger partial charge in [0.05, 0.1) is 0 Å². The third-order valence-corrected chi connectivity index (χ3v) is 3.21. The van der Waals surface area contributed by atoms with Gasteiger partial charge < -0.3 is 10.6 Å². The monoisotopic (exact) mass is 234 g/mol. The van der Waals surface area contributed by atoms with Crippen LogP contribution in [-0.2, 0) is 0 Å². The summed E-state index contributed by atoms with van der Waals surface area (Å²) in [5.74, 6) is 1.00. The summed E-state index contributed by atoms with van der Waals surface area (Å²) in [4.78, 5) is 14.0. The fourth-order valence-corrected chi connectivity index (χ4v) is 2.08. The van der Waals surface area contributed by atoms with Crippen LogP contribution < -0.4 is 5.73 Å². The number of amides is 1. The molecule has 1 aromatic rings. The lowest BCUT2D eigenvalue weighted by Gasteiger charge is -2.19. The maximum atomic E-state index is 12.2. The molecule has 2 heterocycles. The first kappa shape index (κ1) is 11.8. The molecule has 0 saturated carbocycles. The van der Waals surface area contributed by atoms with Crippen LogP contribution >= 0.6 is 0 Å². The number of hydrogen-bond acceptors (Lipinski definition) is 4. The Morgan fingerprint density at radius 3 is 2.88 bits per heavy atom. The van der Waals surface area contributed by atoms with Crippen LogP contribution in [-0.4, -0.2) is 34.1 Å². The minimum absolute atomic E-state index is 0.0356. The summed E-state index contributed by atoms with van der Waals surface area (Å²) in [5, 5.41) is 7.55. The van der Waals surface area contributed by atoms with Crippen molar-refractivity contribution < 1.29 is 4.79 Å². The zero-order valence-corrected chi connectivity index (χ0v) is 10.1. The molecule has 0 radical (unpaired) electrons. The van der Waals surface area contributed by atoms with Crippen molar-refractivity contribution in [1.29, 1.82) is 0 Å². The van der Waals surface area contributed by atoms with E-state index in [1.165, 1.54) is 6.42 Å². The first-order chi connectivity index (χ1) is 8.16. The molecule has 5 heteroatoms. The number of nitrogens with zero attached hydrogens (tertiary/aromatic N) is 3. The average Bonchev–Trinajstić information content (AvgIpc) is 2.54. The van der Waals surface area contributed by atoms with E-state index in [1.54, 1.807) is 12.1 Å². The van der Waals surface area contributed by atoms with Gasteiger partial charge >= 0.3 is 0 Å². The fraction of sp³-hybridized carbons (Fsp3) is 0.583. The SMILES string of the molecule is CC1CCCN(C(=O)c2ccc(N)nn2)CC1. The Balaban J connectivity index is 2.06. The van der Waals surface area contributed by atoms with E-state index in [-0.39, 0.29) is 5.91 Å². The topological polar surface area (TPSA) is 72.1 Å². The third kappa shape index (κ3) is 2.93. The number of anilines is 1. The molecule has 1 aromatic heterocycles. The Kier molecular flexibility index (Phi) is 3.56. The van der Waals surface area contributed by atoms with Crippen molar-refractivity contribution in [2.45, 2.75) is 26.2 Å². The molecule has 1 atom stereocenters. The van der Waals surface area contributed by atoms with Crippen LogP contribution in [0.3, 0.4) is 0 Å². The maximum absolute atomic E-state index is 12.2. The van der Waals surface area contributed by atoms with Gasteiger partial charge in [0, 0.05) is 13.1 Å². The minimum atomic E-state index is -0.0356. The highest BCUT2D eigenvalue weighted by Crippen LogP contribution is 2.17. The number of aromatic nitrogens is 2. The van der Waals surface area contributed by atoms with Gasteiger partial charge in [-0.05, 0) is 37.3 Å². The Morgan fingerprint density at radius 1 is 1.35 bits per heavy atom. The first-order valence-electron chi connectivity index (χ1n) is 6.05. The summed E-state index contributed by atoms with van der Waals surface area (Å²) in [6, 6.07) is 3.25. The van der Waals surface area contributed by atoms with E-state index in [0.717, 1.165) is 25.9 Å². The molecule has 0 spiro atoms. The second-order valence-corrected chi connectivity index (χ2v) is 4.67. The highest BCUT2D eigenvalue weighted by molar-refractivity contribution is 5.92. The largest absolute Gasteiger partial charge is 0.382 e. The Bertz CT molecular complexity index is 390. The van der Waals surface area contributed by atoms with E-state index in [0.29, 0.717) is 17.4 Å². The van der Waals surface area contributed by atoms with Crippen molar-refractivity contribution in [3.63, 3.8) is 0 Å². The number of nitrogens with two attached hydrogens (primary N) is 1. The number of nitrogen functional groups attached to an aromatic ring is 1. The summed E-state index contributed by atoms with van der Waals surface area (Å²) in [6.07, 6.45) is 3.32. The van der Waals surface area contributed by atoms with Crippen molar-refractivity contribution in [1.82, 2.24) is 15.1 Å². The minimum Gasteiger partial charge on any atom is -0.382 e. The second kappa shape index (κ2) is 5.12. The lowest BCUT2D eigenvalue weighted by molar-refractivity contribution is 0.0753. The van der Waals surface area contributed by atoms with Gasteiger partial charge in [0.2, 0.25) is 0 Å². The molecule has 1 fully saturated rings. The van der Waals surface area contributed by atoms with Crippen LogP contribution in [0.1, 0.15) is 36.7 Å². The van der Waals surface area contributed by atoms with E-state index in [4.69, 9.17) is 5.73 Å². The number of rotatable bonds is 1. The summed E-state index contributed by atoms with van der Waals surface area (Å²) in [6.45, 7) is 3.86. The summed E-state index contributed by atoms with van der Waals surface area (Å²) >= 11 is 0. The molecule has 2 rings (SSSR count). The van der Waals surface area contributed by atoms with Crippen LogP contribution in [0.2, 0.25) is 0 Å². The van der Waals surface area contributed by atoms with Crippen LogP contribution in [0.5, 0.6) is 0 Å². The van der Waals surface area contributed by atoms with E-state index in [1.807, 2.05) is 4.90 Å². The van der Waals surface area contributed by atoms with Crippen molar-refractivity contribution in [3.05, 3.63) is 17.8 Å². The van der Waals surface area contributed by atoms with E-state index in [9.17, 15) is 4.79 Å². The predicted octanol–water partition coefficient (Wildman–Crippen LogP) is 1.32. The number of hydrogen-bond donors (Lipinski definition) is 1. The van der Waals surface area contributed by atoms with Gasteiger partial charge in [-0.15, -0.1) is 10.2 Å². The van der Waals surface area contributed by atoms with Crippen molar-refractivity contribution in [2.75, 3.05) is 18.8 Å². The number of carbonyl (C=O) groups excluding carboxylic acids is 1. The van der Waals surface area contributed by atoms with Crippen molar-refractivity contribution in [3.8, 4) is 0 Å². The number of likely N-dealkylation sites (tertiary alicyclic amines) is 1. The van der Waals surface area contributed by atoms with Gasteiger partial charge in [0.15, 0.2) is 5.69 Å². The smallest absolute Gasteiger partial charge is 0.274 e. The molecule has 1 aliphatic heterocycles. The average molecular weight is 234 g/mol. The summed E-state index contributed by atoms with van der Waals surface area (Å²) < 4.78 is 0. The van der Waals surface area contributed by atoms with Gasteiger partial charge in [-0.25, -0.2) is 0 Å². The lowest BCUT2D eigenvalue weighted by atomic mass is 10.0. The molecular weight excluding hydrogens is 216 g/mol. The number of carbonyl (C=O) groups is 1. The zero-order valence-electron chi connectivity index (χ0n) is 10.1. The molecule has 92 valence electrons. The van der Waals surface area contributed by atoms with Gasteiger partial charge in [0.1, 0.15) is 5.82 Å². The molecule has 0 aromatic carbocycles. The summed E-state index contributed by atoms with van der Waals surface area (Å²) in [5.41, 5.74) is 5.83. The van der Waals surface area contributed by atoms with Gasteiger partial charge in [-0.2, -0.15) is 0 Å². The molecule has 1 amide bonds. The molecule has 1 saturated heterocycles. The summed E-state index contributed by atoms with van der Waals surface area (Å²) in [7, 11) is 0. The van der Waals surface area contributed by atoms with E-state index < -0.39 is 0 Å². The first-order valence-corrected chi connectivity index (χ1v) is 6.05. The normalized spacial score (nSPS) is 21.0.